The van der Waals surface area contributed by atoms with E-state index in [1.165, 1.54) is 6.07 Å². The summed E-state index contributed by atoms with van der Waals surface area (Å²) in [5.74, 6) is 2.57. The Bertz CT molecular complexity index is 510. The number of ether oxygens (including phenoxy) is 1. The van der Waals surface area contributed by atoms with Crippen LogP contribution in [0.5, 0.6) is 5.75 Å². The number of alkyl halides is 3. The third kappa shape index (κ3) is 3.70. The first-order valence-corrected chi connectivity index (χ1v) is 4.93. The van der Waals surface area contributed by atoms with Crippen LogP contribution in [0.25, 0.3) is 0 Å². The van der Waals surface area contributed by atoms with Gasteiger partial charge in [0.25, 0.3) is 0 Å². The van der Waals surface area contributed by atoms with Gasteiger partial charge in [-0.25, -0.2) is 4.79 Å². The molecule has 0 saturated carbocycles. The average molecular weight is 258 g/mol. The maximum atomic E-state index is 12.4. The Morgan fingerprint density at radius 2 is 2.11 bits per heavy atom. The number of benzene rings is 1. The second-order valence-electron chi connectivity index (χ2n) is 3.20. The lowest BCUT2D eigenvalue weighted by atomic mass is 10.1. The number of aromatic hydroxyl groups is 1. The molecule has 0 aliphatic rings. The largest absolute Gasteiger partial charge is 0.507 e. The van der Waals surface area contributed by atoms with Crippen LogP contribution in [0.3, 0.4) is 0 Å². The Labute approximate surface area is 101 Å². The number of halogens is 3. The maximum Gasteiger partial charge on any atom is 0.419 e. The zero-order chi connectivity index (χ0) is 13.8. The summed E-state index contributed by atoms with van der Waals surface area (Å²) in [5, 5.41) is 9.07. The molecule has 0 heterocycles. The van der Waals surface area contributed by atoms with E-state index in [2.05, 4.69) is 10.7 Å². The van der Waals surface area contributed by atoms with Crippen molar-refractivity contribution < 1.29 is 27.8 Å². The first kappa shape index (κ1) is 13.9. The Hall–Kier alpha value is -2.16. The van der Waals surface area contributed by atoms with E-state index in [1.807, 2.05) is 5.92 Å². The second kappa shape index (κ2) is 5.45. The lowest BCUT2D eigenvalue weighted by molar-refractivity contribution is -0.139. The van der Waals surface area contributed by atoms with E-state index in [9.17, 15) is 18.0 Å². The van der Waals surface area contributed by atoms with Gasteiger partial charge in [0.1, 0.15) is 5.75 Å². The molecule has 0 aromatic heterocycles. The third-order valence-electron chi connectivity index (χ3n) is 1.89. The highest BCUT2D eigenvalue weighted by atomic mass is 19.4. The molecular formula is C12H9F3O3. The zero-order valence-corrected chi connectivity index (χ0v) is 9.34. The monoisotopic (exact) mass is 258 g/mol. The fraction of sp³-hybridized carbons (Fsp3) is 0.250. The molecule has 0 bridgehead atoms. The average Bonchev–Trinajstić information content (AvgIpc) is 2.27. The number of phenolic OH excluding ortho intramolecular Hbond substituents is 1. The summed E-state index contributed by atoms with van der Waals surface area (Å²) in [6.07, 6.45) is -4.67. The molecule has 0 amide bonds. The van der Waals surface area contributed by atoms with Crippen LogP contribution in [0.2, 0.25) is 0 Å². The molecule has 1 aromatic carbocycles. The Balaban J connectivity index is 3.03. The van der Waals surface area contributed by atoms with Crippen molar-refractivity contribution in [3.8, 4) is 17.6 Å². The van der Waals surface area contributed by atoms with Crippen LogP contribution in [0.4, 0.5) is 13.2 Å². The first-order valence-electron chi connectivity index (χ1n) is 4.93. The smallest absolute Gasteiger partial charge is 0.419 e. The minimum absolute atomic E-state index is 0.0341. The lowest BCUT2D eigenvalue weighted by Crippen LogP contribution is -2.05. The molecule has 18 heavy (non-hydrogen) atoms. The molecule has 96 valence electrons. The molecule has 0 atom stereocenters. The van der Waals surface area contributed by atoms with E-state index in [0.29, 0.717) is 6.07 Å². The molecule has 0 fully saturated rings. The van der Waals surface area contributed by atoms with E-state index in [0.717, 1.165) is 6.07 Å². The van der Waals surface area contributed by atoms with Crippen molar-refractivity contribution in [3.05, 3.63) is 29.3 Å². The fourth-order valence-corrected chi connectivity index (χ4v) is 1.13. The van der Waals surface area contributed by atoms with Crippen LogP contribution in [0, 0.1) is 11.8 Å². The zero-order valence-electron chi connectivity index (χ0n) is 9.34. The highest BCUT2D eigenvalue weighted by Gasteiger charge is 2.33. The summed E-state index contributed by atoms with van der Waals surface area (Å²) >= 11 is 0. The number of rotatable bonds is 1. The number of carbonyl (C=O) groups is 1. The number of hydrogen-bond acceptors (Lipinski definition) is 3. The summed E-state index contributed by atoms with van der Waals surface area (Å²) in [6, 6.07) is 2.72. The molecule has 0 aliphatic heterocycles. The predicted octanol–water partition coefficient (Wildman–Crippen LogP) is 2.33. The number of hydrogen-bond donors (Lipinski definition) is 1. The summed E-state index contributed by atoms with van der Waals surface area (Å²) in [6.45, 7) is 1.72. The number of carbonyl (C=O) groups excluding carboxylic acids is 1. The molecule has 1 N–H and O–H groups in total. The quantitative estimate of drug-likeness (QED) is 0.621. The predicted molar refractivity (Wildman–Crippen MR) is 56.6 cm³/mol. The highest BCUT2D eigenvalue weighted by molar-refractivity contribution is 5.89. The maximum absolute atomic E-state index is 12.4. The molecule has 0 saturated heterocycles. The fourth-order valence-electron chi connectivity index (χ4n) is 1.13. The van der Waals surface area contributed by atoms with Crippen molar-refractivity contribution in [3.63, 3.8) is 0 Å². The first-order chi connectivity index (χ1) is 8.34. The topological polar surface area (TPSA) is 46.5 Å². The molecule has 0 radical (unpaired) electrons. The van der Waals surface area contributed by atoms with Gasteiger partial charge in [-0.05, 0) is 25.1 Å². The van der Waals surface area contributed by atoms with Crippen molar-refractivity contribution in [1.29, 1.82) is 0 Å². The van der Waals surface area contributed by atoms with Crippen LogP contribution in [0.1, 0.15) is 18.1 Å². The minimum Gasteiger partial charge on any atom is -0.507 e. The van der Waals surface area contributed by atoms with Crippen LogP contribution in [0.15, 0.2) is 18.2 Å². The highest BCUT2D eigenvalue weighted by Crippen LogP contribution is 2.35. The summed E-state index contributed by atoms with van der Waals surface area (Å²) < 4.78 is 41.8. The molecule has 6 heteroatoms. The van der Waals surface area contributed by atoms with Crippen molar-refractivity contribution in [1.82, 2.24) is 0 Å². The summed E-state index contributed by atoms with van der Waals surface area (Å²) in [4.78, 5) is 10.9. The molecular weight excluding hydrogens is 249 g/mol. The SMILES string of the molecule is CCOC(=O)C#Cc1ccc(O)c(C(F)(F)F)c1. The second-order valence-corrected chi connectivity index (χ2v) is 3.20. The van der Waals surface area contributed by atoms with E-state index < -0.39 is 23.5 Å². The van der Waals surface area contributed by atoms with Gasteiger partial charge >= 0.3 is 12.1 Å². The van der Waals surface area contributed by atoms with Gasteiger partial charge in [-0.15, -0.1) is 0 Å². The summed E-state index contributed by atoms with van der Waals surface area (Å²) in [5.41, 5.74) is -1.23. The number of esters is 1. The molecule has 0 aliphatic carbocycles. The van der Waals surface area contributed by atoms with E-state index in [4.69, 9.17) is 5.11 Å². The Morgan fingerprint density at radius 3 is 2.67 bits per heavy atom. The molecule has 0 unspecified atom stereocenters. The van der Waals surface area contributed by atoms with Gasteiger partial charge in [-0.1, -0.05) is 5.92 Å². The third-order valence-corrected chi connectivity index (χ3v) is 1.89. The summed E-state index contributed by atoms with van der Waals surface area (Å²) in [7, 11) is 0. The van der Waals surface area contributed by atoms with Gasteiger partial charge in [0, 0.05) is 11.5 Å². The van der Waals surface area contributed by atoms with E-state index >= 15 is 0 Å². The molecule has 1 rings (SSSR count). The van der Waals surface area contributed by atoms with Gasteiger partial charge in [0.15, 0.2) is 0 Å². The Morgan fingerprint density at radius 1 is 1.44 bits per heavy atom. The van der Waals surface area contributed by atoms with Crippen molar-refractivity contribution in [2.75, 3.05) is 6.61 Å². The van der Waals surface area contributed by atoms with Crippen LogP contribution < -0.4 is 0 Å². The van der Waals surface area contributed by atoms with Crippen molar-refractivity contribution in [2.45, 2.75) is 13.1 Å². The van der Waals surface area contributed by atoms with Crippen molar-refractivity contribution >= 4 is 5.97 Å². The Kier molecular flexibility index (Phi) is 4.21. The van der Waals surface area contributed by atoms with E-state index in [-0.39, 0.29) is 12.2 Å². The van der Waals surface area contributed by atoms with E-state index in [1.54, 1.807) is 6.92 Å². The van der Waals surface area contributed by atoms with Crippen LogP contribution >= 0.6 is 0 Å². The number of phenols is 1. The van der Waals surface area contributed by atoms with Crippen LogP contribution in [-0.2, 0) is 15.7 Å². The minimum atomic E-state index is -4.67. The normalized spacial score (nSPS) is 10.4. The van der Waals surface area contributed by atoms with Crippen molar-refractivity contribution in [2.24, 2.45) is 0 Å². The van der Waals surface area contributed by atoms with Gasteiger partial charge < -0.3 is 9.84 Å². The van der Waals surface area contributed by atoms with Gasteiger partial charge in [0.05, 0.1) is 12.2 Å². The molecule has 0 spiro atoms. The van der Waals surface area contributed by atoms with Gasteiger partial charge in [-0.2, -0.15) is 13.2 Å². The lowest BCUT2D eigenvalue weighted by Gasteiger charge is -2.08. The van der Waals surface area contributed by atoms with Gasteiger partial charge in [-0.3, -0.25) is 0 Å². The van der Waals surface area contributed by atoms with Gasteiger partial charge in [0.2, 0.25) is 0 Å². The molecule has 3 nitrogen and oxygen atoms in total. The molecule has 1 aromatic rings. The standard InChI is InChI=1S/C12H9F3O3/c1-2-18-11(17)6-4-8-3-5-10(16)9(7-8)12(13,14)15/h3,5,7,16H,2H2,1H3. The van der Waals surface area contributed by atoms with Crippen LogP contribution in [-0.4, -0.2) is 17.7 Å².